The quantitative estimate of drug-likeness (QED) is 0.594. The van der Waals surface area contributed by atoms with Crippen molar-refractivity contribution in [3.63, 3.8) is 0 Å². The second kappa shape index (κ2) is 8.68. The molecule has 2 aromatic heterocycles. The smallest absolute Gasteiger partial charge is 0.250 e. The zero-order valence-electron chi connectivity index (χ0n) is 16.1. The number of aryl methyl sites for hydroxylation is 1. The SMILES string of the molecule is CC(=O)N(c1ccccc1)c1nc(/C=C/C(=O)Nc2nc3c(s2)C(=O)CCC3)cs1. The lowest BCUT2D eigenvalue weighted by Gasteiger charge is -2.17. The Morgan fingerprint density at radius 3 is 2.70 bits per heavy atom. The Balaban J connectivity index is 1.45. The van der Waals surface area contributed by atoms with Crippen LogP contribution in [-0.2, 0) is 16.0 Å². The van der Waals surface area contributed by atoms with Crippen LogP contribution in [0.1, 0.15) is 40.8 Å². The van der Waals surface area contributed by atoms with Crippen molar-refractivity contribution >= 4 is 62.3 Å². The number of nitrogens with one attached hydrogen (secondary N) is 1. The summed E-state index contributed by atoms with van der Waals surface area (Å²) in [7, 11) is 0. The number of Topliss-reactive ketones (excluding diaryl/α,β-unsaturated/α-hetero) is 1. The molecule has 4 rings (SSSR count). The zero-order chi connectivity index (χ0) is 21.1. The van der Waals surface area contributed by atoms with E-state index in [4.69, 9.17) is 0 Å². The van der Waals surface area contributed by atoms with Crippen LogP contribution in [0.15, 0.2) is 41.8 Å². The first-order valence-electron chi connectivity index (χ1n) is 9.34. The van der Waals surface area contributed by atoms with Gasteiger partial charge in [-0.15, -0.1) is 11.3 Å². The first-order chi connectivity index (χ1) is 14.5. The van der Waals surface area contributed by atoms with Crippen LogP contribution in [0, 0.1) is 0 Å². The molecule has 1 aliphatic rings. The molecule has 0 aliphatic heterocycles. The van der Waals surface area contributed by atoms with E-state index >= 15 is 0 Å². The van der Waals surface area contributed by atoms with E-state index in [9.17, 15) is 14.4 Å². The second-order valence-electron chi connectivity index (χ2n) is 6.64. The van der Waals surface area contributed by atoms with Gasteiger partial charge in [-0.2, -0.15) is 0 Å². The molecule has 0 radical (unpaired) electrons. The van der Waals surface area contributed by atoms with Crippen LogP contribution >= 0.6 is 22.7 Å². The van der Waals surface area contributed by atoms with Gasteiger partial charge in [0.1, 0.15) is 0 Å². The summed E-state index contributed by atoms with van der Waals surface area (Å²) < 4.78 is 0. The van der Waals surface area contributed by atoms with Gasteiger partial charge in [0.15, 0.2) is 16.0 Å². The number of fused-ring (bicyclic) bond motifs is 1. The fourth-order valence-corrected chi connectivity index (χ4v) is 4.93. The van der Waals surface area contributed by atoms with Crippen molar-refractivity contribution in [2.75, 3.05) is 10.2 Å². The van der Waals surface area contributed by atoms with Gasteiger partial charge in [-0.3, -0.25) is 24.6 Å². The Morgan fingerprint density at radius 2 is 1.97 bits per heavy atom. The Labute approximate surface area is 181 Å². The summed E-state index contributed by atoms with van der Waals surface area (Å²) in [4.78, 5) is 47.2. The second-order valence-corrected chi connectivity index (χ2v) is 8.47. The van der Waals surface area contributed by atoms with E-state index in [-0.39, 0.29) is 17.6 Å². The molecule has 0 saturated heterocycles. The molecule has 30 heavy (non-hydrogen) atoms. The Morgan fingerprint density at radius 1 is 1.17 bits per heavy atom. The highest BCUT2D eigenvalue weighted by Gasteiger charge is 2.22. The molecule has 2 amide bonds. The molecule has 0 fully saturated rings. The lowest BCUT2D eigenvalue weighted by Crippen LogP contribution is -2.22. The predicted octanol–water partition coefficient (Wildman–Crippen LogP) is 4.46. The van der Waals surface area contributed by atoms with Gasteiger partial charge >= 0.3 is 0 Å². The first-order valence-corrected chi connectivity index (χ1v) is 11.0. The number of anilines is 3. The van der Waals surface area contributed by atoms with Crippen LogP contribution in [0.25, 0.3) is 6.08 Å². The first kappa shape index (κ1) is 20.1. The van der Waals surface area contributed by atoms with Gasteiger partial charge in [-0.05, 0) is 31.1 Å². The van der Waals surface area contributed by atoms with E-state index in [0.29, 0.717) is 27.3 Å². The molecule has 0 spiro atoms. The maximum Gasteiger partial charge on any atom is 0.250 e. The van der Waals surface area contributed by atoms with E-state index < -0.39 is 0 Å². The highest BCUT2D eigenvalue weighted by Crippen LogP contribution is 2.30. The van der Waals surface area contributed by atoms with E-state index in [2.05, 4.69) is 15.3 Å². The predicted molar refractivity (Wildman–Crippen MR) is 118 cm³/mol. The van der Waals surface area contributed by atoms with Crippen molar-refractivity contribution < 1.29 is 14.4 Å². The summed E-state index contributed by atoms with van der Waals surface area (Å²) in [6.45, 7) is 1.48. The molecule has 7 nitrogen and oxygen atoms in total. The van der Waals surface area contributed by atoms with Gasteiger partial charge in [0.2, 0.25) is 11.8 Å². The van der Waals surface area contributed by atoms with E-state index in [1.165, 1.54) is 40.6 Å². The fraction of sp³-hybridized carbons (Fsp3) is 0.190. The zero-order valence-corrected chi connectivity index (χ0v) is 17.8. The van der Waals surface area contributed by atoms with Crippen LogP contribution < -0.4 is 10.2 Å². The molecule has 2 heterocycles. The average molecular weight is 439 g/mol. The largest absolute Gasteiger partial charge is 0.298 e. The molecule has 3 aromatic rings. The van der Waals surface area contributed by atoms with Crippen LogP contribution in [0.2, 0.25) is 0 Å². The van der Waals surface area contributed by atoms with Gasteiger partial charge in [0.05, 0.1) is 22.0 Å². The van der Waals surface area contributed by atoms with Gasteiger partial charge in [0, 0.05) is 24.8 Å². The molecule has 0 unspecified atom stereocenters. The minimum Gasteiger partial charge on any atom is -0.298 e. The summed E-state index contributed by atoms with van der Waals surface area (Å²) in [5, 5.41) is 5.43. The molecule has 0 atom stereocenters. The molecule has 0 bridgehead atoms. The van der Waals surface area contributed by atoms with Crippen molar-refractivity contribution in [3.8, 4) is 0 Å². The number of carbonyl (C=O) groups excluding carboxylic acids is 3. The monoisotopic (exact) mass is 438 g/mol. The van der Waals surface area contributed by atoms with Crippen LogP contribution in [-0.4, -0.2) is 27.6 Å². The molecule has 1 N–H and O–H groups in total. The third-order valence-corrected chi connectivity index (χ3v) is 6.33. The number of amides is 2. The lowest BCUT2D eigenvalue weighted by molar-refractivity contribution is -0.116. The Bertz CT molecular complexity index is 1130. The number of hydrogen-bond acceptors (Lipinski definition) is 7. The minimum atomic E-state index is -0.352. The summed E-state index contributed by atoms with van der Waals surface area (Å²) >= 11 is 2.54. The lowest BCUT2D eigenvalue weighted by atomic mass is 10.0. The molecule has 1 aliphatic carbocycles. The molecule has 152 valence electrons. The molecular formula is C21H18N4O3S2. The summed E-state index contributed by atoms with van der Waals surface area (Å²) in [6, 6.07) is 9.27. The number of ketones is 1. The number of nitrogens with zero attached hydrogens (tertiary/aromatic N) is 3. The molecular weight excluding hydrogens is 420 g/mol. The summed E-state index contributed by atoms with van der Waals surface area (Å²) in [6.07, 6.45) is 5.04. The highest BCUT2D eigenvalue weighted by atomic mass is 32.1. The number of rotatable bonds is 5. The van der Waals surface area contributed by atoms with Gasteiger partial charge in [-0.1, -0.05) is 29.5 Å². The third-order valence-electron chi connectivity index (χ3n) is 4.43. The number of aromatic nitrogens is 2. The fourth-order valence-electron chi connectivity index (χ4n) is 3.09. The topological polar surface area (TPSA) is 92.3 Å². The van der Waals surface area contributed by atoms with E-state index in [1.807, 2.05) is 30.3 Å². The van der Waals surface area contributed by atoms with Gasteiger partial charge in [0.25, 0.3) is 0 Å². The van der Waals surface area contributed by atoms with Crippen LogP contribution in [0.3, 0.4) is 0 Å². The van der Waals surface area contributed by atoms with Crippen molar-refractivity contribution in [3.05, 3.63) is 58.1 Å². The van der Waals surface area contributed by atoms with Gasteiger partial charge in [-0.25, -0.2) is 9.97 Å². The molecule has 9 heteroatoms. The van der Waals surface area contributed by atoms with Crippen molar-refractivity contribution in [1.29, 1.82) is 0 Å². The minimum absolute atomic E-state index is 0.0910. The third kappa shape index (κ3) is 4.37. The Hall–Kier alpha value is -3.17. The van der Waals surface area contributed by atoms with Gasteiger partial charge < -0.3 is 0 Å². The van der Waals surface area contributed by atoms with Crippen molar-refractivity contribution in [2.45, 2.75) is 26.2 Å². The van der Waals surface area contributed by atoms with E-state index in [1.54, 1.807) is 11.5 Å². The molecule has 1 aromatic carbocycles. The number of carbonyl (C=O) groups is 3. The van der Waals surface area contributed by atoms with Crippen molar-refractivity contribution in [2.24, 2.45) is 0 Å². The summed E-state index contributed by atoms with van der Waals surface area (Å²) in [5.41, 5.74) is 2.07. The number of thiazole rings is 2. The standard InChI is InChI=1S/C21H18N4O3S2/c1-13(26)25(15-6-3-2-4-7-15)21-22-14(12-29-21)10-11-18(28)24-20-23-16-8-5-9-17(27)19(16)30-20/h2-4,6-7,10-12H,5,8-9H2,1H3,(H,23,24,28)/b11-10+. The summed E-state index contributed by atoms with van der Waals surface area (Å²) in [5.74, 6) is -0.408. The highest BCUT2D eigenvalue weighted by molar-refractivity contribution is 7.17. The van der Waals surface area contributed by atoms with E-state index in [0.717, 1.165) is 24.2 Å². The maximum absolute atomic E-state index is 12.2. The van der Waals surface area contributed by atoms with Crippen molar-refractivity contribution in [1.82, 2.24) is 9.97 Å². The van der Waals surface area contributed by atoms with Crippen LogP contribution in [0.5, 0.6) is 0 Å². The Kier molecular flexibility index (Phi) is 5.82. The maximum atomic E-state index is 12.2. The number of benzene rings is 1. The normalized spacial score (nSPS) is 13.3. The van der Waals surface area contributed by atoms with Crippen LogP contribution in [0.4, 0.5) is 16.0 Å². The number of para-hydroxylation sites is 1. The number of hydrogen-bond donors (Lipinski definition) is 1. The molecule has 0 saturated carbocycles. The average Bonchev–Trinajstić information content (AvgIpc) is 3.35.